The van der Waals surface area contributed by atoms with E-state index in [-0.39, 0.29) is 5.91 Å². The van der Waals surface area contributed by atoms with Crippen molar-refractivity contribution in [3.63, 3.8) is 0 Å². The Hall–Kier alpha value is -1.62. The number of likely N-dealkylation sites (N-methyl/N-ethyl adjacent to an activating group) is 1. The predicted molar refractivity (Wildman–Crippen MR) is 80.5 cm³/mol. The van der Waals surface area contributed by atoms with Crippen molar-refractivity contribution in [1.82, 2.24) is 15.2 Å². The fourth-order valence-electron chi connectivity index (χ4n) is 2.06. The van der Waals surface area contributed by atoms with Crippen LogP contribution in [0.1, 0.15) is 31.7 Å². The maximum Gasteiger partial charge on any atom is 0.234 e. The van der Waals surface area contributed by atoms with Crippen LogP contribution < -0.4 is 10.6 Å². The SMILES string of the molecule is CCCNc1ncccc1CN(C)CC(=O)NC1CC1. The van der Waals surface area contributed by atoms with Crippen LogP contribution >= 0.6 is 0 Å². The Morgan fingerprint density at radius 3 is 3.00 bits per heavy atom. The molecule has 0 bridgehead atoms. The first-order chi connectivity index (χ1) is 9.69. The van der Waals surface area contributed by atoms with Gasteiger partial charge in [-0.25, -0.2) is 4.98 Å². The molecule has 5 heteroatoms. The van der Waals surface area contributed by atoms with Crippen LogP contribution in [0, 0.1) is 0 Å². The summed E-state index contributed by atoms with van der Waals surface area (Å²) in [5.41, 5.74) is 1.13. The van der Waals surface area contributed by atoms with Gasteiger partial charge in [-0.3, -0.25) is 9.69 Å². The molecule has 0 aromatic carbocycles. The van der Waals surface area contributed by atoms with Crippen molar-refractivity contribution in [3.05, 3.63) is 23.9 Å². The van der Waals surface area contributed by atoms with Crippen LogP contribution in [0.15, 0.2) is 18.3 Å². The third-order valence-corrected chi connectivity index (χ3v) is 3.23. The van der Waals surface area contributed by atoms with E-state index in [1.165, 1.54) is 0 Å². The zero-order valence-corrected chi connectivity index (χ0v) is 12.4. The van der Waals surface area contributed by atoms with E-state index < -0.39 is 0 Å². The van der Waals surface area contributed by atoms with Crippen LogP contribution in [0.2, 0.25) is 0 Å². The predicted octanol–water partition coefficient (Wildman–Crippen LogP) is 1.61. The molecule has 5 nitrogen and oxygen atoms in total. The normalized spacial score (nSPS) is 14.3. The van der Waals surface area contributed by atoms with Gasteiger partial charge in [-0.2, -0.15) is 0 Å². The highest BCUT2D eigenvalue weighted by Crippen LogP contribution is 2.18. The molecule has 0 unspecified atom stereocenters. The van der Waals surface area contributed by atoms with Gasteiger partial charge in [-0.05, 0) is 32.4 Å². The third-order valence-electron chi connectivity index (χ3n) is 3.23. The lowest BCUT2D eigenvalue weighted by molar-refractivity contribution is -0.122. The Balaban J connectivity index is 1.85. The highest BCUT2D eigenvalue weighted by molar-refractivity contribution is 5.78. The van der Waals surface area contributed by atoms with Gasteiger partial charge in [0.15, 0.2) is 0 Å². The number of aromatic nitrogens is 1. The van der Waals surface area contributed by atoms with Crippen LogP contribution in [0.25, 0.3) is 0 Å². The fraction of sp³-hybridized carbons (Fsp3) is 0.600. The number of nitrogens with one attached hydrogen (secondary N) is 2. The molecule has 1 aliphatic rings. The molecular formula is C15H24N4O. The number of pyridine rings is 1. The minimum Gasteiger partial charge on any atom is -0.370 e. The van der Waals surface area contributed by atoms with E-state index in [0.717, 1.165) is 43.7 Å². The molecule has 1 fully saturated rings. The maximum atomic E-state index is 11.8. The van der Waals surface area contributed by atoms with Gasteiger partial charge in [0.25, 0.3) is 0 Å². The van der Waals surface area contributed by atoms with Crippen LogP contribution in [-0.2, 0) is 11.3 Å². The quantitative estimate of drug-likeness (QED) is 0.757. The zero-order valence-electron chi connectivity index (χ0n) is 12.4. The van der Waals surface area contributed by atoms with E-state index in [1.807, 2.05) is 18.0 Å². The number of rotatable bonds is 8. The molecular weight excluding hydrogens is 252 g/mol. The summed E-state index contributed by atoms with van der Waals surface area (Å²) in [5.74, 6) is 1.03. The summed E-state index contributed by atoms with van der Waals surface area (Å²) in [4.78, 5) is 18.2. The number of nitrogens with zero attached hydrogens (tertiary/aromatic N) is 2. The number of hydrogen-bond acceptors (Lipinski definition) is 4. The van der Waals surface area contributed by atoms with E-state index in [1.54, 1.807) is 6.20 Å². The summed E-state index contributed by atoms with van der Waals surface area (Å²) in [6.07, 6.45) is 5.11. The lowest BCUT2D eigenvalue weighted by Gasteiger charge is -2.18. The minimum absolute atomic E-state index is 0.113. The Bertz CT molecular complexity index is 445. The molecule has 1 heterocycles. The highest BCUT2D eigenvalue weighted by Gasteiger charge is 2.23. The van der Waals surface area contributed by atoms with Crippen molar-refractivity contribution in [3.8, 4) is 0 Å². The molecule has 2 N–H and O–H groups in total. The molecule has 20 heavy (non-hydrogen) atoms. The third kappa shape index (κ3) is 4.81. The second-order valence-corrected chi connectivity index (χ2v) is 5.45. The second-order valence-electron chi connectivity index (χ2n) is 5.45. The van der Waals surface area contributed by atoms with E-state index in [2.05, 4.69) is 28.6 Å². The topological polar surface area (TPSA) is 57.3 Å². The lowest BCUT2D eigenvalue weighted by Crippen LogP contribution is -2.36. The Morgan fingerprint density at radius 2 is 2.30 bits per heavy atom. The lowest BCUT2D eigenvalue weighted by atomic mass is 10.2. The summed E-state index contributed by atoms with van der Waals surface area (Å²) < 4.78 is 0. The number of hydrogen-bond donors (Lipinski definition) is 2. The van der Waals surface area contributed by atoms with Gasteiger partial charge in [0.05, 0.1) is 6.54 Å². The van der Waals surface area contributed by atoms with E-state index in [4.69, 9.17) is 0 Å². The average molecular weight is 276 g/mol. The first-order valence-corrected chi connectivity index (χ1v) is 7.34. The number of amides is 1. The van der Waals surface area contributed by atoms with Gasteiger partial charge in [0, 0.05) is 30.9 Å². The number of carbonyl (C=O) groups is 1. The second kappa shape index (κ2) is 7.24. The smallest absolute Gasteiger partial charge is 0.234 e. The molecule has 0 atom stereocenters. The molecule has 1 amide bonds. The summed E-state index contributed by atoms with van der Waals surface area (Å²) >= 11 is 0. The van der Waals surface area contributed by atoms with Gasteiger partial charge in [-0.15, -0.1) is 0 Å². The van der Waals surface area contributed by atoms with Crippen LogP contribution in [-0.4, -0.2) is 42.0 Å². The molecule has 1 aromatic heterocycles. The molecule has 1 aliphatic carbocycles. The summed E-state index contributed by atoms with van der Waals surface area (Å²) in [5, 5.41) is 6.33. The van der Waals surface area contributed by atoms with Crippen LogP contribution in [0.3, 0.4) is 0 Å². The Labute approximate surface area is 120 Å². The van der Waals surface area contributed by atoms with E-state index in [0.29, 0.717) is 12.6 Å². The van der Waals surface area contributed by atoms with Gasteiger partial charge < -0.3 is 10.6 Å². The van der Waals surface area contributed by atoms with Crippen molar-refractivity contribution in [2.75, 3.05) is 25.5 Å². The largest absolute Gasteiger partial charge is 0.370 e. The van der Waals surface area contributed by atoms with Crippen LogP contribution in [0.4, 0.5) is 5.82 Å². The van der Waals surface area contributed by atoms with Gasteiger partial charge in [-0.1, -0.05) is 13.0 Å². The molecule has 110 valence electrons. The molecule has 0 spiro atoms. The zero-order chi connectivity index (χ0) is 14.4. The molecule has 2 rings (SSSR count). The molecule has 0 aliphatic heterocycles. The number of anilines is 1. The Kier molecular flexibility index (Phi) is 5.35. The molecule has 0 saturated heterocycles. The molecule has 0 radical (unpaired) electrons. The highest BCUT2D eigenvalue weighted by atomic mass is 16.2. The average Bonchev–Trinajstić information content (AvgIpc) is 3.21. The first-order valence-electron chi connectivity index (χ1n) is 7.34. The van der Waals surface area contributed by atoms with Crippen molar-refractivity contribution in [2.24, 2.45) is 0 Å². The first kappa shape index (κ1) is 14.8. The summed E-state index contributed by atoms with van der Waals surface area (Å²) in [6, 6.07) is 4.42. The van der Waals surface area contributed by atoms with Gasteiger partial charge in [0.1, 0.15) is 5.82 Å². The van der Waals surface area contributed by atoms with Crippen molar-refractivity contribution < 1.29 is 4.79 Å². The number of carbonyl (C=O) groups excluding carboxylic acids is 1. The van der Waals surface area contributed by atoms with Crippen molar-refractivity contribution >= 4 is 11.7 Å². The fourth-order valence-corrected chi connectivity index (χ4v) is 2.06. The van der Waals surface area contributed by atoms with E-state index >= 15 is 0 Å². The molecule has 1 saturated carbocycles. The van der Waals surface area contributed by atoms with Gasteiger partial charge in [0.2, 0.25) is 5.91 Å². The maximum absolute atomic E-state index is 11.8. The standard InChI is InChI=1S/C15H24N4O/c1-3-8-16-15-12(5-4-9-17-15)10-19(2)11-14(20)18-13-6-7-13/h4-5,9,13H,3,6-8,10-11H2,1-2H3,(H,16,17)(H,18,20). The minimum atomic E-state index is 0.113. The van der Waals surface area contributed by atoms with E-state index in [9.17, 15) is 4.79 Å². The summed E-state index contributed by atoms with van der Waals surface area (Å²) in [6.45, 7) is 4.19. The monoisotopic (exact) mass is 276 g/mol. The van der Waals surface area contributed by atoms with Crippen LogP contribution in [0.5, 0.6) is 0 Å². The summed E-state index contributed by atoms with van der Waals surface area (Å²) in [7, 11) is 1.96. The molecule has 1 aromatic rings. The Morgan fingerprint density at radius 1 is 1.50 bits per heavy atom. The van der Waals surface area contributed by atoms with Gasteiger partial charge >= 0.3 is 0 Å². The van der Waals surface area contributed by atoms with Crippen molar-refractivity contribution in [1.29, 1.82) is 0 Å². The van der Waals surface area contributed by atoms with Crippen molar-refractivity contribution in [2.45, 2.75) is 38.8 Å².